The van der Waals surface area contributed by atoms with E-state index in [9.17, 15) is 0 Å². The molecule has 0 N–H and O–H groups in total. The van der Waals surface area contributed by atoms with Crippen molar-refractivity contribution in [2.45, 2.75) is 32.6 Å². The smallest absolute Gasteiger partial charge is 0.271 e. The van der Waals surface area contributed by atoms with Crippen molar-refractivity contribution in [1.82, 2.24) is 0 Å². The van der Waals surface area contributed by atoms with Crippen molar-refractivity contribution in [2.24, 2.45) is 5.92 Å². The summed E-state index contributed by atoms with van der Waals surface area (Å²) in [4.78, 5) is 0. The van der Waals surface area contributed by atoms with Crippen molar-refractivity contribution in [3.8, 4) is 0 Å². The van der Waals surface area contributed by atoms with Gasteiger partial charge in [0.25, 0.3) is 5.95 Å². The maximum absolute atomic E-state index is 5.20. The Morgan fingerprint density at radius 3 is 2.58 bits per heavy atom. The second kappa shape index (κ2) is 5.07. The summed E-state index contributed by atoms with van der Waals surface area (Å²) >= 11 is 0. The first-order valence-electron chi connectivity index (χ1n) is 4.77. The monoisotopic (exact) mass is 170 g/mol. The van der Waals surface area contributed by atoms with Crippen molar-refractivity contribution in [3.05, 3.63) is 12.5 Å². The maximum atomic E-state index is 5.20. The van der Waals surface area contributed by atoms with Gasteiger partial charge in [-0.1, -0.05) is 26.2 Å². The maximum Gasteiger partial charge on any atom is 0.271 e. The summed E-state index contributed by atoms with van der Waals surface area (Å²) in [5, 5.41) is 0. The Morgan fingerprint density at radius 2 is 2.00 bits per heavy atom. The Hall–Kier alpha value is -0.660. The van der Waals surface area contributed by atoms with Gasteiger partial charge in [-0.3, -0.25) is 0 Å². The largest absolute Gasteiger partial charge is 0.465 e. The molecule has 0 aromatic carbocycles. The molecule has 0 aromatic rings. The number of rotatable bonds is 4. The van der Waals surface area contributed by atoms with Crippen LogP contribution in [-0.2, 0) is 9.47 Å². The van der Waals surface area contributed by atoms with Gasteiger partial charge < -0.3 is 9.47 Å². The van der Waals surface area contributed by atoms with Gasteiger partial charge in [0.1, 0.15) is 0 Å². The molecule has 2 nitrogen and oxygen atoms in total. The van der Waals surface area contributed by atoms with E-state index in [0.717, 1.165) is 13.2 Å². The minimum atomic E-state index is 0.488. The van der Waals surface area contributed by atoms with Gasteiger partial charge in [-0.2, -0.15) is 0 Å². The molecule has 0 atom stereocenters. The molecule has 0 unspecified atom stereocenters. The Balaban J connectivity index is 2.05. The summed E-state index contributed by atoms with van der Waals surface area (Å²) < 4.78 is 10.4. The second-order valence-corrected chi connectivity index (χ2v) is 3.36. The molecular weight excluding hydrogens is 152 g/mol. The molecule has 1 aliphatic rings. The molecule has 1 saturated heterocycles. The van der Waals surface area contributed by atoms with Gasteiger partial charge in [0.05, 0.1) is 13.2 Å². The molecule has 0 aromatic heterocycles. The summed E-state index contributed by atoms with van der Waals surface area (Å²) in [5.41, 5.74) is 0. The van der Waals surface area contributed by atoms with Crippen LogP contribution < -0.4 is 0 Å². The molecule has 1 heterocycles. The highest BCUT2D eigenvalue weighted by molar-refractivity contribution is 4.75. The van der Waals surface area contributed by atoms with Crippen LogP contribution in [-0.4, -0.2) is 13.2 Å². The molecule has 12 heavy (non-hydrogen) atoms. The highest BCUT2D eigenvalue weighted by Crippen LogP contribution is 2.17. The van der Waals surface area contributed by atoms with Gasteiger partial charge in [0.15, 0.2) is 0 Å². The van der Waals surface area contributed by atoms with Crippen LogP contribution in [0.1, 0.15) is 32.6 Å². The van der Waals surface area contributed by atoms with Crippen molar-refractivity contribution in [2.75, 3.05) is 13.2 Å². The van der Waals surface area contributed by atoms with E-state index in [1.165, 1.54) is 25.7 Å². The third kappa shape index (κ3) is 3.16. The zero-order valence-electron chi connectivity index (χ0n) is 7.84. The summed E-state index contributed by atoms with van der Waals surface area (Å²) in [7, 11) is 0. The lowest BCUT2D eigenvalue weighted by atomic mass is 10.0. The molecule has 1 aliphatic heterocycles. The Labute approximate surface area is 74.6 Å². The van der Waals surface area contributed by atoms with Crippen LogP contribution in [0.5, 0.6) is 0 Å². The number of ether oxygens (including phenoxy) is 2. The van der Waals surface area contributed by atoms with Gasteiger partial charge in [-0.25, -0.2) is 0 Å². The molecule has 70 valence electrons. The van der Waals surface area contributed by atoms with Gasteiger partial charge in [0.2, 0.25) is 0 Å². The average Bonchev–Trinajstić information content (AvgIpc) is 2.09. The predicted octanol–water partition coefficient (Wildman–Crippen LogP) is 2.70. The van der Waals surface area contributed by atoms with Crippen molar-refractivity contribution < 1.29 is 9.47 Å². The fraction of sp³-hybridized carbons (Fsp3) is 0.800. The van der Waals surface area contributed by atoms with Crippen LogP contribution in [0.4, 0.5) is 0 Å². The summed E-state index contributed by atoms with van der Waals surface area (Å²) in [6.45, 7) is 7.41. The first-order valence-corrected chi connectivity index (χ1v) is 4.77. The molecule has 0 amide bonds. The van der Waals surface area contributed by atoms with Gasteiger partial charge in [-0.05, 0) is 13.0 Å². The van der Waals surface area contributed by atoms with Crippen LogP contribution in [0.25, 0.3) is 0 Å². The molecule has 0 aliphatic carbocycles. The molecule has 2 heteroatoms. The van der Waals surface area contributed by atoms with E-state index in [1.807, 2.05) is 0 Å². The van der Waals surface area contributed by atoms with E-state index in [4.69, 9.17) is 9.47 Å². The third-order valence-electron chi connectivity index (χ3n) is 2.18. The fourth-order valence-electron chi connectivity index (χ4n) is 1.36. The molecule has 0 bridgehead atoms. The van der Waals surface area contributed by atoms with Gasteiger partial charge in [0, 0.05) is 5.92 Å². The van der Waals surface area contributed by atoms with Crippen molar-refractivity contribution in [1.29, 1.82) is 0 Å². The van der Waals surface area contributed by atoms with E-state index < -0.39 is 0 Å². The van der Waals surface area contributed by atoms with E-state index >= 15 is 0 Å². The number of hydrogen-bond donors (Lipinski definition) is 0. The Morgan fingerprint density at radius 1 is 1.33 bits per heavy atom. The molecule has 0 radical (unpaired) electrons. The summed E-state index contributed by atoms with van der Waals surface area (Å²) in [6.07, 6.45) is 5.11. The molecular formula is C10H18O2. The number of unbranched alkanes of at least 4 members (excludes halogenated alkanes) is 2. The van der Waals surface area contributed by atoms with Gasteiger partial charge in [-0.15, -0.1) is 0 Å². The lowest BCUT2D eigenvalue weighted by Gasteiger charge is -2.24. The summed E-state index contributed by atoms with van der Waals surface area (Å²) in [5.74, 6) is 1.07. The Kier molecular flexibility index (Phi) is 3.98. The van der Waals surface area contributed by atoms with Crippen LogP contribution in [0, 0.1) is 5.92 Å². The molecule has 1 fully saturated rings. The molecule has 0 saturated carbocycles. The van der Waals surface area contributed by atoms with Crippen LogP contribution in [0.15, 0.2) is 12.5 Å². The van der Waals surface area contributed by atoms with Crippen molar-refractivity contribution >= 4 is 0 Å². The topological polar surface area (TPSA) is 18.5 Å². The minimum Gasteiger partial charge on any atom is -0.465 e. The summed E-state index contributed by atoms with van der Waals surface area (Å²) in [6, 6.07) is 0. The first kappa shape index (κ1) is 9.43. The molecule has 0 spiro atoms. The first-order chi connectivity index (χ1) is 5.83. The second-order valence-electron chi connectivity index (χ2n) is 3.36. The highest BCUT2D eigenvalue weighted by Gasteiger charge is 2.16. The quantitative estimate of drug-likeness (QED) is 0.604. The zero-order chi connectivity index (χ0) is 8.81. The van der Waals surface area contributed by atoms with Crippen LogP contribution >= 0.6 is 0 Å². The normalized spacial score (nSPS) is 18.6. The fourth-order valence-corrected chi connectivity index (χ4v) is 1.36. The standard InChI is InChI=1S/C10H18O2/c1-3-4-5-6-10-7-11-9(2)12-8-10/h10H,2-8H2,1H3. The third-order valence-corrected chi connectivity index (χ3v) is 2.18. The minimum absolute atomic E-state index is 0.488. The van der Waals surface area contributed by atoms with Crippen molar-refractivity contribution in [3.63, 3.8) is 0 Å². The molecule has 1 rings (SSSR count). The van der Waals surface area contributed by atoms with Gasteiger partial charge >= 0.3 is 0 Å². The zero-order valence-corrected chi connectivity index (χ0v) is 7.84. The lowest BCUT2D eigenvalue weighted by Crippen LogP contribution is -2.22. The van der Waals surface area contributed by atoms with E-state index in [0.29, 0.717) is 11.9 Å². The predicted molar refractivity (Wildman–Crippen MR) is 48.7 cm³/mol. The average molecular weight is 170 g/mol. The van der Waals surface area contributed by atoms with E-state index in [2.05, 4.69) is 13.5 Å². The van der Waals surface area contributed by atoms with E-state index in [1.54, 1.807) is 0 Å². The number of hydrogen-bond acceptors (Lipinski definition) is 2. The SMILES string of the molecule is C=C1OCC(CCCCC)CO1. The van der Waals surface area contributed by atoms with E-state index in [-0.39, 0.29) is 0 Å². The Bertz CT molecular complexity index is 133. The highest BCUT2D eigenvalue weighted by atomic mass is 16.7. The van der Waals surface area contributed by atoms with Crippen LogP contribution in [0.3, 0.4) is 0 Å². The van der Waals surface area contributed by atoms with Crippen LogP contribution in [0.2, 0.25) is 0 Å². The lowest BCUT2D eigenvalue weighted by molar-refractivity contribution is -0.0513.